The molecule has 17 heavy (non-hydrogen) atoms. The van der Waals surface area contributed by atoms with Gasteiger partial charge in [-0.15, -0.1) is 0 Å². The van der Waals surface area contributed by atoms with Gasteiger partial charge >= 0.3 is 0 Å². The average Bonchev–Trinajstić information content (AvgIpc) is 3.15. The number of epoxide rings is 1. The van der Waals surface area contributed by atoms with Gasteiger partial charge in [-0.1, -0.05) is 30.3 Å². The summed E-state index contributed by atoms with van der Waals surface area (Å²) in [6, 6.07) is 10.8. The van der Waals surface area contributed by atoms with Gasteiger partial charge in [-0.05, 0) is 37.3 Å². The van der Waals surface area contributed by atoms with Crippen LogP contribution in [0.1, 0.15) is 24.8 Å². The predicted molar refractivity (Wildman–Crippen MR) is 68.8 cm³/mol. The third-order valence-corrected chi connectivity index (χ3v) is 3.85. The molecule has 2 unspecified atom stereocenters. The summed E-state index contributed by atoms with van der Waals surface area (Å²) in [5.74, 6) is 0.861. The van der Waals surface area contributed by atoms with E-state index >= 15 is 0 Å². The van der Waals surface area contributed by atoms with E-state index in [-0.39, 0.29) is 0 Å². The molecule has 2 heterocycles. The molecule has 2 aliphatic heterocycles. The van der Waals surface area contributed by atoms with Crippen molar-refractivity contribution in [2.75, 3.05) is 19.7 Å². The van der Waals surface area contributed by atoms with E-state index in [1.807, 2.05) is 0 Å². The molecule has 2 aliphatic rings. The first-order chi connectivity index (χ1) is 8.40. The SMILES string of the molecule is c1ccc(CN2CCCC(CC3CO3)C2)cc1. The Morgan fingerprint density at radius 3 is 2.82 bits per heavy atom. The Balaban J connectivity index is 1.52. The lowest BCUT2D eigenvalue weighted by Crippen LogP contribution is -2.35. The molecule has 2 fully saturated rings. The second kappa shape index (κ2) is 5.19. The van der Waals surface area contributed by atoms with Crippen molar-refractivity contribution in [2.24, 2.45) is 5.92 Å². The highest BCUT2D eigenvalue weighted by molar-refractivity contribution is 5.14. The van der Waals surface area contributed by atoms with Gasteiger partial charge in [0.2, 0.25) is 0 Å². The molecule has 1 aromatic carbocycles. The van der Waals surface area contributed by atoms with E-state index in [9.17, 15) is 0 Å². The summed E-state index contributed by atoms with van der Waals surface area (Å²) >= 11 is 0. The molecule has 0 amide bonds. The van der Waals surface area contributed by atoms with Crippen LogP contribution in [0.5, 0.6) is 0 Å². The third-order valence-electron chi connectivity index (χ3n) is 3.85. The Morgan fingerprint density at radius 1 is 1.24 bits per heavy atom. The fourth-order valence-corrected chi connectivity index (χ4v) is 2.90. The zero-order valence-electron chi connectivity index (χ0n) is 10.3. The predicted octanol–water partition coefficient (Wildman–Crippen LogP) is 2.69. The van der Waals surface area contributed by atoms with Gasteiger partial charge in [-0.3, -0.25) is 4.90 Å². The highest BCUT2D eigenvalue weighted by Gasteiger charge is 2.29. The number of benzene rings is 1. The first kappa shape index (κ1) is 11.2. The number of likely N-dealkylation sites (tertiary alicyclic amines) is 1. The summed E-state index contributed by atoms with van der Waals surface area (Å²) in [5, 5.41) is 0. The summed E-state index contributed by atoms with van der Waals surface area (Å²) in [4.78, 5) is 2.60. The molecule has 0 aliphatic carbocycles. The number of nitrogens with zero attached hydrogens (tertiary/aromatic N) is 1. The maximum absolute atomic E-state index is 5.35. The van der Waals surface area contributed by atoms with Crippen molar-refractivity contribution in [1.82, 2.24) is 4.90 Å². The number of hydrogen-bond acceptors (Lipinski definition) is 2. The van der Waals surface area contributed by atoms with Crippen LogP contribution in [0.4, 0.5) is 0 Å². The second-order valence-corrected chi connectivity index (χ2v) is 5.42. The molecule has 2 saturated heterocycles. The molecule has 1 aromatic rings. The molecule has 2 nitrogen and oxygen atoms in total. The minimum absolute atomic E-state index is 0.594. The highest BCUT2D eigenvalue weighted by atomic mass is 16.6. The fraction of sp³-hybridized carbons (Fsp3) is 0.600. The molecule has 2 atom stereocenters. The largest absolute Gasteiger partial charge is 0.373 e. The van der Waals surface area contributed by atoms with Gasteiger partial charge < -0.3 is 4.74 Å². The monoisotopic (exact) mass is 231 g/mol. The van der Waals surface area contributed by atoms with Crippen LogP contribution < -0.4 is 0 Å². The summed E-state index contributed by atoms with van der Waals surface area (Å²) < 4.78 is 5.35. The maximum Gasteiger partial charge on any atom is 0.0813 e. The molecule has 92 valence electrons. The number of rotatable bonds is 4. The van der Waals surface area contributed by atoms with Crippen LogP contribution in [0.2, 0.25) is 0 Å². The Labute approximate surface area is 104 Å². The topological polar surface area (TPSA) is 15.8 Å². The van der Waals surface area contributed by atoms with E-state index in [4.69, 9.17) is 4.74 Å². The molecule has 2 heteroatoms. The van der Waals surface area contributed by atoms with Crippen molar-refractivity contribution in [3.8, 4) is 0 Å². The first-order valence-electron chi connectivity index (χ1n) is 6.78. The number of hydrogen-bond donors (Lipinski definition) is 0. The zero-order chi connectivity index (χ0) is 11.5. The van der Waals surface area contributed by atoms with Gasteiger partial charge in [-0.25, -0.2) is 0 Å². The fourth-order valence-electron chi connectivity index (χ4n) is 2.90. The summed E-state index contributed by atoms with van der Waals surface area (Å²) in [6.45, 7) is 4.64. The lowest BCUT2D eigenvalue weighted by Gasteiger charge is -2.32. The molecule has 0 aromatic heterocycles. The van der Waals surface area contributed by atoms with Crippen LogP contribution in [-0.4, -0.2) is 30.7 Å². The normalized spacial score (nSPS) is 29.2. The molecule has 3 rings (SSSR count). The smallest absolute Gasteiger partial charge is 0.0813 e. The van der Waals surface area contributed by atoms with Crippen LogP contribution >= 0.6 is 0 Å². The van der Waals surface area contributed by atoms with Crippen LogP contribution in [0.15, 0.2) is 30.3 Å². The van der Waals surface area contributed by atoms with Gasteiger partial charge in [0.25, 0.3) is 0 Å². The second-order valence-electron chi connectivity index (χ2n) is 5.42. The molecule has 0 radical (unpaired) electrons. The summed E-state index contributed by atoms with van der Waals surface area (Å²) in [5.41, 5.74) is 1.44. The van der Waals surface area contributed by atoms with Gasteiger partial charge in [0.05, 0.1) is 12.7 Å². The van der Waals surface area contributed by atoms with Crippen molar-refractivity contribution >= 4 is 0 Å². The van der Waals surface area contributed by atoms with E-state index in [2.05, 4.69) is 35.2 Å². The Morgan fingerprint density at radius 2 is 2.06 bits per heavy atom. The third kappa shape index (κ3) is 3.30. The minimum Gasteiger partial charge on any atom is -0.373 e. The van der Waals surface area contributed by atoms with E-state index in [1.165, 1.54) is 37.9 Å². The standard InChI is InChI=1S/C15H21NO/c1-2-5-13(6-3-1)10-16-8-4-7-14(11-16)9-15-12-17-15/h1-3,5-6,14-15H,4,7-12H2. The van der Waals surface area contributed by atoms with Crippen molar-refractivity contribution in [3.63, 3.8) is 0 Å². The van der Waals surface area contributed by atoms with Crippen molar-refractivity contribution in [3.05, 3.63) is 35.9 Å². The first-order valence-corrected chi connectivity index (χ1v) is 6.78. The Kier molecular flexibility index (Phi) is 3.44. The van der Waals surface area contributed by atoms with E-state index < -0.39 is 0 Å². The van der Waals surface area contributed by atoms with E-state index in [0.717, 1.165) is 19.1 Å². The van der Waals surface area contributed by atoms with E-state index in [1.54, 1.807) is 0 Å². The minimum atomic E-state index is 0.594. The van der Waals surface area contributed by atoms with Gasteiger partial charge in [0.15, 0.2) is 0 Å². The molecule has 0 bridgehead atoms. The van der Waals surface area contributed by atoms with Crippen LogP contribution in [-0.2, 0) is 11.3 Å². The van der Waals surface area contributed by atoms with Crippen LogP contribution in [0, 0.1) is 5.92 Å². The molecule has 0 saturated carbocycles. The lowest BCUT2D eigenvalue weighted by molar-refractivity contribution is 0.154. The molecular formula is C15H21NO. The Bertz CT molecular complexity index is 347. The molecule has 0 N–H and O–H groups in total. The molecule has 0 spiro atoms. The van der Waals surface area contributed by atoms with Crippen LogP contribution in [0.3, 0.4) is 0 Å². The summed E-state index contributed by atoms with van der Waals surface area (Å²) in [7, 11) is 0. The van der Waals surface area contributed by atoms with Gasteiger partial charge in [-0.2, -0.15) is 0 Å². The van der Waals surface area contributed by atoms with Crippen molar-refractivity contribution < 1.29 is 4.74 Å². The zero-order valence-corrected chi connectivity index (χ0v) is 10.3. The van der Waals surface area contributed by atoms with Gasteiger partial charge in [0, 0.05) is 13.1 Å². The quantitative estimate of drug-likeness (QED) is 0.740. The van der Waals surface area contributed by atoms with Gasteiger partial charge in [0.1, 0.15) is 0 Å². The van der Waals surface area contributed by atoms with Crippen molar-refractivity contribution in [2.45, 2.75) is 31.9 Å². The summed E-state index contributed by atoms with van der Waals surface area (Å²) in [6.07, 6.45) is 4.62. The number of piperidine rings is 1. The maximum atomic E-state index is 5.35. The number of ether oxygens (including phenoxy) is 1. The van der Waals surface area contributed by atoms with Crippen LogP contribution in [0.25, 0.3) is 0 Å². The van der Waals surface area contributed by atoms with E-state index in [0.29, 0.717) is 6.10 Å². The molecular weight excluding hydrogens is 210 g/mol. The average molecular weight is 231 g/mol. The van der Waals surface area contributed by atoms with Crippen molar-refractivity contribution in [1.29, 1.82) is 0 Å². The highest BCUT2D eigenvalue weighted by Crippen LogP contribution is 2.27. The lowest BCUT2D eigenvalue weighted by atomic mass is 9.93. The Hall–Kier alpha value is -0.860.